The molecule has 0 saturated carbocycles. The fourth-order valence-electron chi connectivity index (χ4n) is 0.448. The van der Waals surface area contributed by atoms with Gasteiger partial charge < -0.3 is 0 Å². The van der Waals surface area contributed by atoms with E-state index in [0.717, 1.165) is 6.21 Å². The molecule has 0 radical (unpaired) electrons. The van der Waals surface area contributed by atoms with Crippen LogP contribution in [0.4, 0.5) is 0 Å². The molecular weight excluding hydrogens is 229 g/mol. The summed E-state index contributed by atoms with van der Waals surface area (Å²) in [7, 11) is -3.87. The first-order chi connectivity index (χ1) is 5.47. The first-order valence-corrected chi connectivity index (χ1v) is 5.11. The third-order valence-corrected chi connectivity index (χ3v) is 2.75. The summed E-state index contributed by atoms with van der Waals surface area (Å²) in [6.07, 6.45) is 0.943. The molecule has 68 valence electrons. The average molecular weight is 232 g/mol. The van der Waals surface area contributed by atoms with Gasteiger partial charge in [-0.1, -0.05) is 11.6 Å². The van der Waals surface area contributed by atoms with Crippen molar-refractivity contribution in [3.05, 3.63) is 0 Å². The van der Waals surface area contributed by atoms with Gasteiger partial charge in [-0.05, 0) is 5.22 Å². The molecule has 1 aliphatic rings. The van der Waals surface area contributed by atoms with Crippen molar-refractivity contribution >= 4 is 39.5 Å². The molecule has 9 heteroatoms. The van der Waals surface area contributed by atoms with Gasteiger partial charge in [-0.25, -0.2) is 4.18 Å². The van der Waals surface area contributed by atoms with Gasteiger partial charge in [0.2, 0.25) is 0 Å². The Kier molecular flexibility index (Phi) is 2.67. The van der Waals surface area contributed by atoms with Crippen LogP contribution in [-0.4, -0.2) is 25.0 Å². The number of alkyl halides is 2. The van der Waals surface area contributed by atoms with Crippen LogP contribution in [0.3, 0.4) is 0 Å². The van der Waals surface area contributed by atoms with Crippen molar-refractivity contribution in [2.24, 2.45) is 15.4 Å². The second-order valence-corrected chi connectivity index (χ2v) is 4.49. The highest BCUT2D eigenvalue weighted by Crippen LogP contribution is 2.24. The fraction of sp³-hybridized carbons (Fsp3) is 0.667. The minimum absolute atomic E-state index is 0.704. The maximum Gasteiger partial charge on any atom is 0.311 e. The highest BCUT2D eigenvalue weighted by molar-refractivity contribution is 7.88. The third kappa shape index (κ3) is 2.37. The van der Waals surface area contributed by atoms with Crippen molar-refractivity contribution in [2.45, 2.75) is 5.18 Å². The highest BCUT2D eigenvalue weighted by Gasteiger charge is 2.35. The normalized spacial score (nSPS) is 28.2. The van der Waals surface area contributed by atoms with E-state index in [0.29, 0.717) is 0 Å². The summed E-state index contributed by atoms with van der Waals surface area (Å²) in [6.45, 7) is 0. The number of hydrogen-bond donors (Lipinski definition) is 0. The van der Waals surface area contributed by atoms with Crippen LogP contribution in [0.1, 0.15) is 0 Å². The Morgan fingerprint density at radius 1 is 1.58 bits per heavy atom. The number of rotatable bonds is 3. The van der Waals surface area contributed by atoms with E-state index in [-0.39, 0.29) is 0 Å². The second-order valence-electron chi connectivity index (χ2n) is 1.79. The Balaban J connectivity index is 2.76. The zero-order valence-corrected chi connectivity index (χ0v) is 7.84. The van der Waals surface area contributed by atoms with E-state index in [1.54, 1.807) is 0 Å². The maximum absolute atomic E-state index is 10.8. The molecule has 0 fully saturated rings. The molecule has 0 aromatic heterocycles. The van der Waals surface area contributed by atoms with Crippen LogP contribution < -0.4 is 0 Å². The third-order valence-electron chi connectivity index (χ3n) is 0.827. The summed E-state index contributed by atoms with van der Waals surface area (Å²) in [6, 6.07) is 0. The maximum atomic E-state index is 10.8. The summed E-state index contributed by atoms with van der Waals surface area (Å²) in [5.41, 5.74) is 0. The predicted molar refractivity (Wildman–Crippen MR) is 42.7 cm³/mol. The van der Waals surface area contributed by atoms with Crippen molar-refractivity contribution in [3.63, 3.8) is 0 Å². The van der Waals surface area contributed by atoms with Gasteiger partial charge in [-0.2, -0.15) is 8.42 Å². The van der Waals surface area contributed by atoms with Crippen molar-refractivity contribution in [2.75, 3.05) is 5.21 Å². The highest BCUT2D eigenvalue weighted by atomic mass is 35.5. The van der Waals surface area contributed by atoms with Gasteiger partial charge in [0.25, 0.3) is 10.1 Å². The van der Waals surface area contributed by atoms with E-state index < -0.39 is 20.5 Å². The lowest BCUT2D eigenvalue weighted by Gasteiger charge is -2.10. The molecule has 0 amide bonds. The molecule has 0 aliphatic carbocycles. The number of hydrogen-bond acceptors (Lipinski definition) is 6. The molecule has 1 aliphatic heterocycles. The fourth-order valence-corrected chi connectivity index (χ4v) is 1.42. The van der Waals surface area contributed by atoms with E-state index in [2.05, 4.69) is 19.6 Å². The van der Waals surface area contributed by atoms with Crippen molar-refractivity contribution in [1.82, 2.24) is 0 Å². The largest absolute Gasteiger partial charge is 0.311 e. The molecule has 1 unspecified atom stereocenters. The summed E-state index contributed by atoms with van der Waals surface area (Å²) in [5.74, 6) is 0. The first-order valence-electron chi connectivity index (χ1n) is 2.62. The Morgan fingerprint density at radius 3 is 2.67 bits per heavy atom. The Bertz CT molecular complexity index is 312. The average Bonchev–Trinajstić information content (AvgIpc) is 2.35. The molecule has 6 nitrogen and oxygen atoms in total. The lowest BCUT2D eigenvalue weighted by molar-refractivity contribution is 0.247. The Morgan fingerprint density at radius 2 is 2.25 bits per heavy atom. The monoisotopic (exact) mass is 231 g/mol. The standard InChI is InChI=1S/C3H3Cl2N3O3S/c4-2-12(9,10)11-3(5)1-6-8-7-3/h1H,2H2. The summed E-state index contributed by atoms with van der Waals surface area (Å²) in [4.78, 5) is 0. The van der Waals surface area contributed by atoms with Crippen LogP contribution >= 0.6 is 23.2 Å². The molecule has 1 atom stereocenters. The number of halogens is 2. The van der Waals surface area contributed by atoms with Crippen molar-refractivity contribution in [3.8, 4) is 0 Å². The van der Waals surface area contributed by atoms with Gasteiger partial charge in [-0.15, -0.1) is 21.8 Å². The van der Waals surface area contributed by atoms with Gasteiger partial charge in [0.15, 0.2) is 0 Å². The lowest BCUT2D eigenvalue weighted by Crippen LogP contribution is -2.27. The zero-order valence-electron chi connectivity index (χ0n) is 5.52. The van der Waals surface area contributed by atoms with Crippen LogP contribution in [0.5, 0.6) is 0 Å². The van der Waals surface area contributed by atoms with Crippen LogP contribution in [0.15, 0.2) is 15.4 Å². The second kappa shape index (κ2) is 3.25. The summed E-state index contributed by atoms with van der Waals surface area (Å²) < 4.78 is 25.8. The SMILES string of the molecule is O=S(=O)(CCl)OC1(Cl)C=NN=N1. The van der Waals surface area contributed by atoms with Gasteiger partial charge in [0, 0.05) is 0 Å². The summed E-state index contributed by atoms with van der Waals surface area (Å²) >= 11 is 10.5. The molecule has 0 aromatic carbocycles. The minimum Gasteiger partial charge on any atom is -0.216 e. The van der Waals surface area contributed by atoms with Crippen LogP contribution in [0.2, 0.25) is 0 Å². The topological polar surface area (TPSA) is 80.5 Å². The van der Waals surface area contributed by atoms with Gasteiger partial charge in [0.1, 0.15) is 11.4 Å². The van der Waals surface area contributed by atoms with E-state index in [1.807, 2.05) is 0 Å². The molecule has 0 spiro atoms. The molecular formula is C3H3Cl2N3O3S. The quantitative estimate of drug-likeness (QED) is 0.411. The molecule has 12 heavy (non-hydrogen) atoms. The smallest absolute Gasteiger partial charge is 0.216 e. The van der Waals surface area contributed by atoms with Crippen LogP contribution in [0.25, 0.3) is 0 Å². The molecule has 1 rings (SSSR count). The molecule has 0 bridgehead atoms. The molecule has 0 aromatic rings. The minimum atomic E-state index is -3.87. The van der Waals surface area contributed by atoms with Gasteiger partial charge in [0.05, 0.1) is 0 Å². The molecule has 1 heterocycles. The zero-order chi connectivity index (χ0) is 9.24. The van der Waals surface area contributed by atoms with Gasteiger partial charge in [-0.3, -0.25) is 0 Å². The van der Waals surface area contributed by atoms with E-state index in [4.69, 9.17) is 23.2 Å². The summed E-state index contributed by atoms with van der Waals surface area (Å²) in [5, 5.41) is 6.96. The first kappa shape index (κ1) is 9.85. The van der Waals surface area contributed by atoms with Gasteiger partial charge >= 0.3 is 5.18 Å². The van der Waals surface area contributed by atoms with E-state index >= 15 is 0 Å². The van der Waals surface area contributed by atoms with Crippen LogP contribution in [-0.2, 0) is 14.3 Å². The predicted octanol–water partition coefficient (Wildman–Crippen LogP) is 0.873. The van der Waals surface area contributed by atoms with E-state index in [9.17, 15) is 8.42 Å². The van der Waals surface area contributed by atoms with Crippen LogP contribution in [0, 0.1) is 0 Å². The Hall–Kier alpha value is -0.240. The van der Waals surface area contributed by atoms with Crippen molar-refractivity contribution < 1.29 is 12.6 Å². The number of nitrogens with zero attached hydrogens (tertiary/aromatic N) is 3. The van der Waals surface area contributed by atoms with E-state index in [1.165, 1.54) is 0 Å². The van der Waals surface area contributed by atoms with Crippen molar-refractivity contribution in [1.29, 1.82) is 0 Å². The molecule has 0 N–H and O–H groups in total. The lowest BCUT2D eigenvalue weighted by atomic mass is 10.7. The molecule has 0 saturated heterocycles. The Labute approximate surface area is 78.3 Å².